The molecule has 62 heavy (non-hydrogen) atoms. The van der Waals surface area contributed by atoms with E-state index < -0.39 is 9.85 Å². The van der Waals surface area contributed by atoms with Crippen molar-refractivity contribution in [2.24, 2.45) is 0 Å². The molecule has 0 atom stereocenters. The summed E-state index contributed by atoms with van der Waals surface area (Å²) in [4.78, 5) is 36.3. The minimum atomic E-state index is -0.421. The Morgan fingerprint density at radius 1 is 0.677 bits per heavy atom. The summed E-state index contributed by atoms with van der Waals surface area (Å²) >= 11 is 8.63. The molecule has 0 aliphatic carbocycles. The Kier molecular flexibility index (Phi) is 14.8. The molecule has 2 aliphatic heterocycles. The molecule has 2 fully saturated rings. The zero-order valence-electron chi connectivity index (χ0n) is 33.2. The van der Waals surface area contributed by atoms with Gasteiger partial charge in [0.2, 0.25) is 0 Å². The molecule has 2 saturated heterocycles. The van der Waals surface area contributed by atoms with Crippen molar-refractivity contribution >= 4 is 88.4 Å². The van der Waals surface area contributed by atoms with Crippen molar-refractivity contribution in [3.05, 3.63) is 118 Å². The van der Waals surface area contributed by atoms with E-state index in [4.69, 9.17) is 30.8 Å². The number of phenolic OH excluding ortho intramolecular Hbond substituents is 1. The van der Waals surface area contributed by atoms with E-state index in [1.165, 1.54) is 35.6 Å². The highest BCUT2D eigenvalue weighted by atomic mass is 35.5. The van der Waals surface area contributed by atoms with Crippen LogP contribution < -0.4 is 4.74 Å². The van der Waals surface area contributed by atoms with Crippen LogP contribution in [0.3, 0.4) is 0 Å². The van der Waals surface area contributed by atoms with Crippen molar-refractivity contribution in [1.82, 2.24) is 28.6 Å². The lowest BCUT2D eigenvalue weighted by Crippen LogP contribution is -2.38. The Hall–Kier alpha value is -5.44. The number of nitrogens with zero attached hydrogens (tertiary/aromatic N) is 8. The average molecular weight is 922 g/mol. The van der Waals surface area contributed by atoms with E-state index in [9.17, 15) is 25.3 Å². The van der Waals surface area contributed by atoms with Crippen molar-refractivity contribution in [3.8, 4) is 34.0 Å². The maximum absolute atomic E-state index is 10.8. The Balaban J connectivity index is 0.000000158. The van der Waals surface area contributed by atoms with Gasteiger partial charge >= 0.3 is 0 Å². The number of alkyl halides is 1. The average Bonchev–Trinajstić information content (AvgIpc) is 4.05. The lowest BCUT2D eigenvalue weighted by molar-refractivity contribution is -0.385. The van der Waals surface area contributed by atoms with Gasteiger partial charge in [0.15, 0.2) is 9.92 Å². The van der Waals surface area contributed by atoms with E-state index >= 15 is 0 Å². The van der Waals surface area contributed by atoms with E-state index in [0.717, 1.165) is 130 Å². The quantitative estimate of drug-likeness (QED) is 0.0787. The van der Waals surface area contributed by atoms with Crippen molar-refractivity contribution in [3.63, 3.8) is 0 Å². The number of phenols is 1. The van der Waals surface area contributed by atoms with Crippen LogP contribution in [0.15, 0.2) is 97.3 Å². The fourth-order valence-electron chi connectivity index (χ4n) is 6.91. The summed E-state index contributed by atoms with van der Waals surface area (Å²) in [5, 5.41) is 31.0. The molecule has 6 heterocycles. The van der Waals surface area contributed by atoms with Gasteiger partial charge in [-0.15, -0.1) is 24.0 Å². The van der Waals surface area contributed by atoms with E-state index in [2.05, 4.69) is 20.9 Å². The first-order valence-electron chi connectivity index (χ1n) is 19.5. The SMILES string of the molecule is Cl.ClCCN1CCOCC1.O=[N+]([O-])c1ccc(-c2cn3c(n2)sc2cc(O)ccc23)cc1.O=[N+]([O-])c1ccc(-c2cn3c(n2)sc2cc(OCCN4CCOCC4)ccc23)cc1. The number of thiazole rings is 2. The monoisotopic (exact) mass is 920 g/mol. The van der Waals surface area contributed by atoms with Gasteiger partial charge in [0.1, 0.15) is 18.1 Å². The van der Waals surface area contributed by atoms with Gasteiger partial charge in [-0.05, 0) is 60.7 Å². The van der Waals surface area contributed by atoms with Gasteiger partial charge in [0, 0.05) is 92.9 Å². The lowest BCUT2D eigenvalue weighted by atomic mass is 10.1. The third kappa shape index (κ3) is 10.6. The molecular formula is C42H42Cl2N8O8S2. The lowest BCUT2D eigenvalue weighted by Gasteiger charge is -2.26. The maximum atomic E-state index is 10.8. The predicted octanol–water partition coefficient (Wildman–Crippen LogP) is 8.64. The summed E-state index contributed by atoms with van der Waals surface area (Å²) in [7, 11) is 0. The minimum Gasteiger partial charge on any atom is -0.508 e. The van der Waals surface area contributed by atoms with Gasteiger partial charge in [-0.3, -0.25) is 38.8 Å². The molecular weight excluding hydrogens is 880 g/mol. The molecule has 0 radical (unpaired) electrons. The topological polar surface area (TPSA) is 175 Å². The number of aromatic nitrogens is 4. The van der Waals surface area contributed by atoms with Gasteiger partial charge in [0.05, 0.1) is 68.1 Å². The third-order valence-corrected chi connectivity index (χ3v) is 12.4. The fraction of sp³-hybridized carbons (Fsp3) is 0.286. The van der Waals surface area contributed by atoms with Crippen molar-refractivity contribution in [2.75, 3.05) is 78.2 Å². The number of rotatable bonds is 10. The van der Waals surface area contributed by atoms with Crippen LogP contribution in [0, 0.1) is 20.2 Å². The standard InChI is InChI=1S/C21H20N4O4S.C15H9N3O3S.C6H12ClNO.ClH/c26-25(27)16-3-1-15(2-4-16)18-14-24-19-6-5-17(13-20(19)30-21(24)22-18)29-12-9-23-7-10-28-11-8-23;19-11-5-6-13-14(7-11)22-15-16-12(8-17(13)15)9-1-3-10(4-2-9)18(20)21;7-1-2-8-3-5-9-6-4-8;/h1-6,13-14H,7-12H2;1-8,19H;1-6H2;1H. The first kappa shape index (κ1) is 44.6. The largest absolute Gasteiger partial charge is 0.508 e. The number of fused-ring (bicyclic) bond motifs is 6. The summed E-state index contributed by atoms with van der Waals surface area (Å²) in [5.74, 6) is 1.82. The Bertz CT molecular complexity index is 2760. The summed E-state index contributed by atoms with van der Waals surface area (Å²) in [6.45, 7) is 9.90. The summed E-state index contributed by atoms with van der Waals surface area (Å²) in [5.41, 5.74) is 5.41. The molecule has 4 aromatic heterocycles. The molecule has 2 aliphatic rings. The summed E-state index contributed by atoms with van der Waals surface area (Å²) in [6.07, 6.45) is 3.86. The number of nitro benzene ring substituents is 2. The van der Waals surface area contributed by atoms with Crippen LogP contribution in [0.4, 0.5) is 11.4 Å². The first-order valence-corrected chi connectivity index (χ1v) is 21.7. The first-order chi connectivity index (χ1) is 29.7. The van der Waals surface area contributed by atoms with Crippen LogP contribution in [0.5, 0.6) is 11.5 Å². The number of hydrogen-bond donors (Lipinski definition) is 1. The van der Waals surface area contributed by atoms with Crippen LogP contribution >= 0.6 is 46.7 Å². The van der Waals surface area contributed by atoms with Crippen LogP contribution in [0.1, 0.15) is 0 Å². The van der Waals surface area contributed by atoms with E-state index in [1.807, 2.05) is 39.4 Å². The van der Waals surface area contributed by atoms with Crippen LogP contribution in [0.25, 0.3) is 52.9 Å². The van der Waals surface area contributed by atoms with E-state index in [-0.39, 0.29) is 29.5 Å². The van der Waals surface area contributed by atoms with Gasteiger partial charge in [-0.1, -0.05) is 22.7 Å². The second kappa shape index (κ2) is 20.6. The Morgan fingerprint density at radius 2 is 1.15 bits per heavy atom. The molecule has 0 spiro atoms. The number of aromatic hydroxyl groups is 1. The normalized spacial score (nSPS) is 14.5. The highest BCUT2D eigenvalue weighted by Crippen LogP contribution is 2.34. The van der Waals surface area contributed by atoms with Crippen LogP contribution in [0.2, 0.25) is 0 Å². The summed E-state index contributed by atoms with van der Waals surface area (Å²) in [6, 6.07) is 24.1. The van der Waals surface area contributed by atoms with Crippen molar-refractivity contribution in [1.29, 1.82) is 0 Å². The molecule has 0 unspecified atom stereocenters. The van der Waals surface area contributed by atoms with Crippen molar-refractivity contribution < 1.29 is 29.2 Å². The van der Waals surface area contributed by atoms with Crippen LogP contribution in [-0.4, -0.2) is 122 Å². The number of nitro groups is 2. The molecule has 0 bridgehead atoms. The second-order valence-corrected chi connectivity index (χ2v) is 16.5. The highest BCUT2D eigenvalue weighted by Gasteiger charge is 2.15. The molecule has 324 valence electrons. The van der Waals surface area contributed by atoms with E-state index in [1.54, 1.807) is 47.7 Å². The molecule has 0 amide bonds. The molecule has 20 heteroatoms. The van der Waals surface area contributed by atoms with Crippen LogP contribution in [-0.2, 0) is 9.47 Å². The Labute approximate surface area is 374 Å². The molecule has 8 aromatic rings. The maximum Gasteiger partial charge on any atom is 0.269 e. The smallest absolute Gasteiger partial charge is 0.269 e. The molecule has 16 nitrogen and oxygen atoms in total. The number of benzene rings is 4. The molecule has 1 N–H and O–H groups in total. The second-order valence-electron chi connectivity index (χ2n) is 14.1. The van der Waals surface area contributed by atoms with Gasteiger partial charge in [0.25, 0.3) is 11.4 Å². The number of imidazole rings is 2. The molecule has 10 rings (SSSR count). The minimum absolute atomic E-state index is 0. The highest BCUT2D eigenvalue weighted by molar-refractivity contribution is 7.24. The van der Waals surface area contributed by atoms with Gasteiger partial charge in [-0.2, -0.15) is 0 Å². The number of hydrogen-bond acceptors (Lipinski definition) is 14. The summed E-state index contributed by atoms with van der Waals surface area (Å²) < 4.78 is 22.6. The predicted molar refractivity (Wildman–Crippen MR) is 245 cm³/mol. The number of halogens is 2. The third-order valence-electron chi connectivity index (χ3n) is 10.2. The number of ether oxygens (including phenoxy) is 3. The zero-order chi connectivity index (χ0) is 42.3. The fourth-order valence-corrected chi connectivity index (χ4v) is 9.22. The van der Waals surface area contributed by atoms with E-state index in [0.29, 0.717) is 6.61 Å². The Morgan fingerprint density at radius 3 is 1.63 bits per heavy atom. The molecule has 0 saturated carbocycles. The molecule has 4 aromatic carbocycles. The number of non-ortho nitro benzene ring substituents is 2. The van der Waals surface area contributed by atoms with Gasteiger partial charge in [-0.25, -0.2) is 9.97 Å². The zero-order valence-corrected chi connectivity index (χ0v) is 36.4. The number of morpholine rings is 2. The van der Waals surface area contributed by atoms with Crippen molar-refractivity contribution in [2.45, 2.75) is 0 Å². The van der Waals surface area contributed by atoms with Gasteiger partial charge < -0.3 is 19.3 Å².